The summed E-state index contributed by atoms with van der Waals surface area (Å²) in [4.78, 5) is 73.6. The molecule has 1 spiro atoms. The molecule has 15 heteroatoms. The molecule has 3 aromatic carbocycles. The molecule has 10 rings (SSSR count). The molecule has 2 aromatic heterocycles. The van der Waals surface area contributed by atoms with E-state index in [-0.39, 0.29) is 47.2 Å². The van der Waals surface area contributed by atoms with E-state index in [1.807, 2.05) is 36.0 Å². The molecular formula is C50H58N8O7. The van der Waals surface area contributed by atoms with Crippen molar-refractivity contribution in [1.82, 2.24) is 40.4 Å². The van der Waals surface area contributed by atoms with Gasteiger partial charge in [0.2, 0.25) is 11.8 Å². The number of nitrogens with zero attached hydrogens (tertiary/aromatic N) is 4. The smallest absolute Gasteiger partial charge is 0.407 e. The van der Waals surface area contributed by atoms with Crippen LogP contribution in [-0.4, -0.2) is 106 Å². The summed E-state index contributed by atoms with van der Waals surface area (Å²) in [6.07, 6.45) is 9.84. The second kappa shape index (κ2) is 17.3. The number of aromatic nitrogens is 4. The van der Waals surface area contributed by atoms with Crippen molar-refractivity contribution in [2.24, 2.45) is 23.2 Å². The standard InChI is InChI=1S/C50H58N8O7/c1-28(2)41(55-48(61)63-3)47(60)58-37-14-13-36(23-37)43(58)45-52-25-38(54-45)30-7-5-29(6-8-30)32-9-10-34-22-35(12-11-33(34)21-32)39-26-51-44(53-39)40-24-50(17-18-50)27-57(40)46(59)42(56-49(62)64-4)31-15-19-65-20-16-31/h5-12,21-22,25-26,28,31,36-37,40-43H,13-20,23-24,27H2,1-4H3,(H,51,53)(H,52,54)(H,55,61)(H,56,62)/t36-,37-,40+,41+,42+,43+/m1/s1. The molecule has 0 radical (unpaired) electrons. The van der Waals surface area contributed by atoms with E-state index in [1.165, 1.54) is 14.2 Å². The summed E-state index contributed by atoms with van der Waals surface area (Å²) in [7, 11) is 2.63. The van der Waals surface area contributed by atoms with E-state index >= 15 is 0 Å². The van der Waals surface area contributed by atoms with Crippen molar-refractivity contribution in [2.45, 2.75) is 95.4 Å². The maximum absolute atomic E-state index is 14.3. The van der Waals surface area contributed by atoms with Crippen LogP contribution in [0.25, 0.3) is 44.4 Å². The molecule has 3 aliphatic heterocycles. The summed E-state index contributed by atoms with van der Waals surface area (Å²) >= 11 is 0. The van der Waals surface area contributed by atoms with Crippen LogP contribution in [0, 0.1) is 23.2 Å². The number of ether oxygens (including phenoxy) is 3. The number of benzene rings is 3. The minimum absolute atomic E-state index is 0.0273. The number of carbonyl (C=O) groups is 4. The number of alkyl carbamates (subject to hydrolysis) is 2. The molecule has 5 aliphatic rings. The average molecular weight is 883 g/mol. The molecular weight excluding hydrogens is 825 g/mol. The number of hydrogen-bond acceptors (Lipinski definition) is 9. The molecule has 2 aliphatic carbocycles. The van der Waals surface area contributed by atoms with Crippen LogP contribution in [0.5, 0.6) is 0 Å². The lowest BCUT2D eigenvalue weighted by atomic mass is 9.90. The number of rotatable bonds is 11. The van der Waals surface area contributed by atoms with E-state index in [4.69, 9.17) is 24.2 Å². The van der Waals surface area contributed by atoms with Gasteiger partial charge in [0, 0.05) is 31.4 Å². The minimum Gasteiger partial charge on any atom is -0.453 e. The summed E-state index contributed by atoms with van der Waals surface area (Å²) in [6.45, 7) is 5.65. The first-order valence-corrected chi connectivity index (χ1v) is 23.2. The molecule has 5 aromatic rings. The van der Waals surface area contributed by atoms with Gasteiger partial charge in [-0.3, -0.25) is 9.59 Å². The number of piperidine rings is 1. The second-order valence-electron chi connectivity index (χ2n) is 19.2. The number of H-pyrrole nitrogens is 2. The van der Waals surface area contributed by atoms with Crippen LogP contribution in [0.15, 0.2) is 73.1 Å². The van der Waals surface area contributed by atoms with Crippen molar-refractivity contribution in [3.63, 3.8) is 0 Å². The monoisotopic (exact) mass is 882 g/mol. The zero-order valence-electron chi connectivity index (χ0n) is 37.5. The van der Waals surface area contributed by atoms with Gasteiger partial charge in [-0.2, -0.15) is 0 Å². The third kappa shape index (κ3) is 8.23. The lowest BCUT2D eigenvalue weighted by molar-refractivity contribution is -0.139. The van der Waals surface area contributed by atoms with Gasteiger partial charge in [0.1, 0.15) is 23.7 Å². The SMILES string of the molecule is COC(=O)N[C@H](C(=O)N1[C@@H]2CC[C@H](C2)[C@H]1c1ncc(-c2ccc(-c3ccc4cc(-c5cnc([C@@H]6CC7(CC7)CN6C(=O)[C@@H](NC(=O)OC)C6CCOCC6)[nH]5)ccc4c3)cc2)[nH]1)C(C)C. The van der Waals surface area contributed by atoms with E-state index in [1.54, 1.807) is 0 Å². The molecule has 4 amide bonds. The van der Waals surface area contributed by atoms with Gasteiger partial charge in [0.15, 0.2) is 0 Å². The third-order valence-electron chi connectivity index (χ3n) is 14.9. The fraction of sp³-hybridized carbons (Fsp3) is 0.480. The van der Waals surface area contributed by atoms with Crippen molar-refractivity contribution in [2.75, 3.05) is 34.0 Å². The predicted octanol–water partition coefficient (Wildman–Crippen LogP) is 7.92. The van der Waals surface area contributed by atoms with Gasteiger partial charge >= 0.3 is 12.2 Å². The van der Waals surface area contributed by atoms with E-state index in [9.17, 15) is 19.2 Å². The Morgan fingerprint density at radius 3 is 2.06 bits per heavy atom. The molecule has 15 nitrogen and oxygen atoms in total. The Balaban J connectivity index is 0.833. The molecule has 5 fully saturated rings. The topological polar surface area (TPSA) is 184 Å². The lowest BCUT2D eigenvalue weighted by Crippen LogP contribution is -2.54. The zero-order valence-corrected chi connectivity index (χ0v) is 37.5. The molecule has 3 saturated heterocycles. The maximum Gasteiger partial charge on any atom is 0.407 e. The number of aromatic amines is 2. The number of likely N-dealkylation sites (tertiary alicyclic amines) is 2. The molecule has 6 atom stereocenters. The fourth-order valence-corrected chi connectivity index (χ4v) is 11.1. The first kappa shape index (κ1) is 42.7. The van der Waals surface area contributed by atoms with Crippen LogP contribution in [-0.2, 0) is 23.8 Å². The van der Waals surface area contributed by atoms with Crippen LogP contribution >= 0.6 is 0 Å². The van der Waals surface area contributed by atoms with Gasteiger partial charge in [-0.1, -0.05) is 62.4 Å². The summed E-state index contributed by atoms with van der Waals surface area (Å²) < 4.78 is 15.3. The lowest BCUT2D eigenvalue weighted by Gasteiger charge is -2.37. The fourth-order valence-electron chi connectivity index (χ4n) is 11.1. The van der Waals surface area contributed by atoms with Gasteiger partial charge < -0.3 is 44.6 Å². The number of methoxy groups -OCH3 is 2. The van der Waals surface area contributed by atoms with Gasteiger partial charge in [0.05, 0.1) is 50.1 Å². The number of carbonyl (C=O) groups excluding carboxylic acids is 4. The predicted molar refractivity (Wildman–Crippen MR) is 243 cm³/mol. The summed E-state index contributed by atoms with van der Waals surface area (Å²) in [5.74, 6) is 1.55. The van der Waals surface area contributed by atoms with Gasteiger partial charge in [-0.25, -0.2) is 19.6 Å². The molecule has 2 bridgehead atoms. The molecule has 340 valence electrons. The Labute approximate surface area is 378 Å². The summed E-state index contributed by atoms with van der Waals surface area (Å²) in [6, 6.07) is 19.7. The van der Waals surface area contributed by atoms with E-state index < -0.39 is 24.3 Å². The Morgan fingerprint density at radius 2 is 1.37 bits per heavy atom. The van der Waals surface area contributed by atoms with Crippen molar-refractivity contribution < 1.29 is 33.4 Å². The zero-order chi connectivity index (χ0) is 45.0. The van der Waals surface area contributed by atoms with Crippen LogP contribution < -0.4 is 10.6 Å². The first-order chi connectivity index (χ1) is 31.5. The largest absolute Gasteiger partial charge is 0.453 e. The molecule has 2 saturated carbocycles. The Bertz CT molecular complexity index is 2590. The van der Waals surface area contributed by atoms with E-state index in [0.717, 1.165) is 94.6 Å². The molecule has 0 unspecified atom stereocenters. The van der Waals surface area contributed by atoms with Crippen LogP contribution in [0.1, 0.15) is 88.9 Å². The van der Waals surface area contributed by atoms with Crippen molar-refractivity contribution in [3.8, 4) is 33.6 Å². The Hall–Kier alpha value is -6.22. The van der Waals surface area contributed by atoms with Crippen LogP contribution in [0.2, 0.25) is 0 Å². The van der Waals surface area contributed by atoms with Gasteiger partial charge in [-0.15, -0.1) is 0 Å². The van der Waals surface area contributed by atoms with Crippen LogP contribution in [0.3, 0.4) is 0 Å². The summed E-state index contributed by atoms with van der Waals surface area (Å²) in [5, 5.41) is 7.84. The Kier molecular flexibility index (Phi) is 11.4. The number of hydrogen-bond donors (Lipinski definition) is 4. The normalized spacial score (nSPS) is 23.2. The minimum atomic E-state index is -0.684. The van der Waals surface area contributed by atoms with Gasteiger partial charge in [-0.05, 0) is 114 Å². The maximum atomic E-state index is 14.3. The van der Waals surface area contributed by atoms with Crippen molar-refractivity contribution >= 4 is 34.8 Å². The molecule has 5 heterocycles. The van der Waals surface area contributed by atoms with Crippen molar-refractivity contribution in [1.29, 1.82) is 0 Å². The third-order valence-corrected chi connectivity index (χ3v) is 14.9. The molecule has 65 heavy (non-hydrogen) atoms. The van der Waals surface area contributed by atoms with Crippen molar-refractivity contribution in [3.05, 3.63) is 84.7 Å². The number of nitrogens with one attached hydrogen (secondary N) is 4. The quantitative estimate of drug-likeness (QED) is 0.102. The number of fused-ring (bicyclic) bond motifs is 3. The number of imidazole rings is 2. The molecule has 4 N–H and O–H groups in total. The number of amides is 4. The van der Waals surface area contributed by atoms with E-state index in [0.29, 0.717) is 38.5 Å². The van der Waals surface area contributed by atoms with E-state index in [2.05, 4.69) is 81.3 Å². The Morgan fingerprint density at radius 1 is 0.754 bits per heavy atom. The highest BCUT2D eigenvalue weighted by atomic mass is 16.5. The first-order valence-electron chi connectivity index (χ1n) is 23.2. The highest BCUT2D eigenvalue weighted by Gasteiger charge is 2.56. The second-order valence-corrected chi connectivity index (χ2v) is 19.2. The highest BCUT2D eigenvalue weighted by Crippen LogP contribution is 2.58. The van der Waals surface area contributed by atoms with Gasteiger partial charge in [0.25, 0.3) is 0 Å². The average Bonchev–Trinajstić information content (AvgIpc) is 3.97. The summed E-state index contributed by atoms with van der Waals surface area (Å²) in [5.41, 5.74) is 6.07. The van der Waals surface area contributed by atoms with Crippen LogP contribution in [0.4, 0.5) is 9.59 Å². The highest BCUT2D eigenvalue weighted by molar-refractivity contribution is 5.91.